The van der Waals surface area contributed by atoms with Crippen molar-refractivity contribution in [3.8, 4) is 12.3 Å². The second kappa shape index (κ2) is 9.90. The number of rotatable bonds is 11. The van der Waals surface area contributed by atoms with Crippen molar-refractivity contribution < 1.29 is 27.8 Å². The third kappa shape index (κ3) is 13.8. The highest BCUT2D eigenvalue weighted by Gasteiger charge is 2.22. The highest BCUT2D eigenvalue weighted by atomic mass is 31.2. The van der Waals surface area contributed by atoms with E-state index >= 15 is 0 Å². The van der Waals surface area contributed by atoms with Gasteiger partial charge in [0.05, 0.1) is 40.8 Å². The first kappa shape index (κ1) is 20.1. The average Bonchev–Trinajstić information content (AvgIpc) is 2.33. The Morgan fingerprint density at radius 3 is 2.52 bits per heavy atom. The standard InChI is InChI=1S/C12H24N3O5P/c1-5-6-13-11-12(16)14-7-9-19-21(17,18)20-10-8-15(2,3)4/h1,13H,6-11H2,2-4H3,(H-,14,16,17,18)/p+1. The molecular formula is C12H25N3O5P+. The molecule has 8 nitrogen and oxygen atoms in total. The number of likely N-dealkylation sites (N-methyl/N-ethyl adjacent to an activating group) is 1. The molecule has 0 aliphatic rings. The minimum Gasteiger partial charge on any atom is -0.353 e. The van der Waals surface area contributed by atoms with Gasteiger partial charge in [0, 0.05) is 6.54 Å². The molecule has 0 bridgehead atoms. The molecule has 0 aromatic carbocycles. The van der Waals surface area contributed by atoms with Crippen molar-refractivity contribution in [3.05, 3.63) is 0 Å². The van der Waals surface area contributed by atoms with Crippen LogP contribution >= 0.6 is 7.82 Å². The summed E-state index contributed by atoms with van der Waals surface area (Å²) in [5.41, 5.74) is 0. The summed E-state index contributed by atoms with van der Waals surface area (Å²) in [6, 6.07) is 0. The number of hydrogen-bond acceptors (Lipinski definition) is 5. The molecule has 122 valence electrons. The number of nitrogens with zero attached hydrogens (tertiary/aromatic N) is 1. The molecular weight excluding hydrogens is 297 g/mol. The van der Waals surface area contributed by atoms with Crippen LogP contribution < -0.4 is 10.6 Å². The molecule has 0 saturated heterocycles. The van der Waals surface area contributed by atoms with Crippen molar-refractivity contribution in [1.29, 1.82) is 0 Å². The number of nitrogens with one attached hydrogen (secondary N) is 2. The Labute approximate surface area is 126 Å². The lowest BCUT2D eigenvalue weighted by atomic mass is 10.5. The molecule has 0 saturated carbocycles. The summed E-state index contributed by atoms with van der Waals surface area (Å²) in [5.74, 6) is 2.07. The Balaban J connectivity index is 3.72. The number of phosphoric acid groups is 1. The average molecular weight is 322 g/mol. The number of hydrogen-bond donors (Lipinski definition) is 3. The van der Waals surface area contributed by atoms with Gasteiger partial charge in [-0.3, -0.25) is 19.2 Å². The molecule has 9 heteroatoms. The second-order valence-corrected chi connectivity index (χ2v) is 6.76. The van der Waals surface area contributed by atoms with Gasteiger partial charge in [-0.1, -0.05) is 5.92 Å². The first-order valence-corrected chi connectivity index (χ1v) is 7.99. The maximum Gasteiger partial charge on any atom is 0.472 e. The summed E-state index contributed by atoms with van der Waals surface area (Å²) in [4.78, 5) is 20.7. The number of phosphoric ester groups is 1. The highest BCUT2D eigenvalue weighted by molar-refractivity contribution is 7.47. The van der Waals surface area contributed by atoms with E-state index in [-0.39, 0.29) is 32.2 Å². The van der Waals surface area contributed by atoms with E-state index in [9.17, 15) is 14.3 Å². The van der Waals surface area contributed by atoms with Crippen LogP contribution in [0.3, 0.4) is 0 Å². The molecule has 1 amide bonds. The molecule has 0 spiro atoms. The van der Waals surface area contributed by atoms with Crippen LogP contribution in [0.5, 0.6) is 0 Å². The first-order chi connectivity index (χ1) is 9.66. The smallest absolute Gasteiger partial charge is 0.353 e. The Morgan fingerprint density at radius 1 is 1.33 bits per heavy atom. The molecule has 0 aliphatic carbocycles. The third-order valence-corrected chi connectivity index (χ3v) is 3.23. The van der Waals surface area contributed by atoms with E-state index in [0.29, 0.717) is 17.6 Å². The van der Waals surface area contributed by atoms with Crippen LogP contribution in [0.15, 0.2) is 0 Å². The van der Waals surface area contributed by atoms with Gasteiger partial charge in [0.1, 0.15) is 13.2 Å². The number of carbonyl (C=O) groups is 1. The topological polar surface area (TPSA) is 96.9 Å². The Bertz CT molecular complexity index is 403. The zero-order valence-electron chi connectivity index (χ0n) is 12.8. The fraction of sp³-hybridized carbons (Fsp3) is 0.750. The van der Waals surface area contributed by atoms with Crippen LogP contribution in [0.25, 0.3) is 0 Å². The van der Waals surface area contributed by atoms with Gasteiger partial charge in [0.2, 0.25) is 5.91 Å². The summed E-state index contributed by atoms with van der Waals surface area (Å²) >= 11 is 0. The van der Waals surface area contributed by atoms with E-state index in [0.717, 1.165) is 0 Å². The number of carbonyl (C=O) groups excluding carboxylic acids is 1. The van der Waals surface area contributed by atoms with Gasteiger partial charge in [-0.25, -0.2) is 4.57 Å². The van der Waals surface area contributed by atoms with Crippen molar-refractivity contribution in [2.24, 2.45) is 0 Å². The van der Waals surface area contributed by atoms with Crippen LogP contribution in [0.2, 0.25) is 0 Å². The molecule has 0 aromatic heterocycles. The molecule has 21 heavy (non-hydrogen) atoms. The molecule has 0 fully saturated rings. The molecule has 0 radical (unpaired) electrons. The maximum atomic E-state index is 11.5. The Hall–Kier alpha value is -0.940. The Morgan fingerprint density at radius 2 is 1.95 bits per heavy atom. The van der Waals surface area contributed by atoms with Crippen molar-refractivity contribution in [2.45, 2.75) is 0 Å². The van der Waals surface area contributed by atoms with Crippen LogP contribution in [-0.2, 0) is 18.4 Å². The zero-order valence-corrected chi connectivity index (χ0v) is 13.7. The first-order valence-electron chi connectivity index (χ1n) is 6.49. The van der Waals surface area contributed by atoms with Gasteiger partial charge in [-0.05, 0) is 0 Å². The van der Waals surface area contributed by atoms with Crippen molar-refractivity contribution in [3.63, 3.8) is 0 Å². The van der Waals surface area contributed by atoms with E-state index in [2.05, 4.69) is 16.6 Å². The fourth-order valence-electron chi connectivity index (χ4n) is 1.13. The van der Waals surface area contributed by atoms with Crippen LogP contribution in [-0.4, -0.2) is 75.8 Å². The van der Waals surface area contributed by atoms with E-state index in [4.69, 9.17) is 15.5 Å². The van der Waals surface area contributed by atoms with Crippen molar-refractivity contribution >= 4 is 13.7 Å². The van der Waals surface area contributed by atoms with Crippen molar-refractivity contribution in [1.82, 2.24) is 10.6 Å². The summed E-state index contributed by atoms with van der Waals surface area (Å²) in [6.45, 7) is 1.07. The fourth-order valence-corrected chi connectivity index (χ4v) is 1.84. The quantitative estimate of drug-likeness (QED) is 0.199. The lowest BCUT2D eigenvalue weighted by molar-refractivity contribution is -0.870. The van der Waals surface area contributed by atoms with Gasteiger partial charge >= 0.3 is 7.82 Å². The van der Waals surface area contributed by atoms with E-state index in [1.165, 1.54) is 0 Å². The highest BCUT2D eigenvalue weighted by Crippen LogP contribution is 2.42. The predicted molar refractivity (Wildman–Crippen MR) is 79.3 cm³/mol. The lowest BCUT2D eigenvalue weighted by Gasteiger charge is -2.24. The molecule has 1 atom stereocenters. The van der Waals surface area contributed by atoms with Crippen LogP contribution in [0.1, 0.15) is 0 Å². The lowest BCUT2D eigenvalue weighted by Crippen LogP contribution is -2.37. The zero-order chi connectivity index (χ0) is 16.4. The molecule has 1 unspecified atom stereocenters. The van der Waals surface area contributed by atoms with Crippen molar-refractivity contribution in [2.75, 3.05) is 60.5 Å². The van der Waals surface area contributed by atoms with Gasteiger partial charge in [-0.15, -0.1) is 6.42 Å². The van der Waals surface area contributed by atoms with E-state index in [1.54, 1.807) is 0 Å². The normalized spacial score (nSPS) is 14.2. The van der Waals surface area contributed by atoms with Gasteiger partial charge in [-0.2, -0.15) is 0 Å². The predicted octanol–water partition coefficient (Wildman–Crippen LogP) is -0.835. The molecule has 0 aromatic rings. The van der Waals surface area contributed by atoms with Gasteiger partial charge in [0.15, 0.2) is 0 Å². The van der Waals surface area contributed by atoms with Gasteiger partial charge in [0.25, 0.3) is 0 Å². The van der Waals surface area contributed by atoms with Gasteiger partial charge < -0.3 is 14.7 Å². The van der Waals surface area contributed by atoms with E-state index in [1.807, 2.05) is 21.1 Å². The van der Waals surface area contributed by atoms with Crippen LogP contribution in [0, 0.1) is 12.3 Å². The van der Waals surface area contributed by atoms with Crippen LogP contribution in [0.4, 0.5) is 0 Å². The number of amides is 1. The Kier molecular flexibility index (Phi) is 9.46. The molecule has 0 aliphatic heterocycles. The van der Waals surface area contributed by atoms with E-state index < -0.39 is 7.82 Å². The molecule has 0 heterocycles. The molecule has 3 N–H and O–H groups in total. The SMILES string of the molecule is C#CCNCC(=O)NCCOP(=O)(O)OCC[N+](C)(C)C. The largest absolute Gasteiger partial charge is 0.472 e. The maximum absolute atomic E-state index is 11.5. The summed E-state index contributed by atoms with van der Waals surface area (Å²) in [5, 5.41) is 5.22. The summed E-state index contributed by atoms with van der Waals surface area (Å²) < 4.78 is 21.7. The summed E-state index contributed by atoms with van der Waals surface area (Å²) in [6.07, 6.45) is 5.01. The summed E-state index contributed by atoms with van der Waals surface area (Å²) in [7, 11) is 1.75. The number of quaternary nitrogens is 1. The minimum atomic E-state index is -4.07. The number of terminal acetylenes is 1. The second-order valence-electron chi connectivity index (χ2n) is 5.31. The minimum absolute atomic E-state index is 0.0843. The third-order valence-electron chi connectivity index (χ3n) is 2.21. The molecule has 0 rings (SSSR count). The monoisotopic (exact) mass is 322 g/mol.